The van der Waals surface area contributed by atoms with Crippen LogP contribution in [0.25, 0.3) is 43.6 Å². The minimum Gasteiger partial charge on any atom is -0.392 e. The van der Waals surface area contributed by atoms with E-state index < -0.39 is 0 Å². The van der Waals surface area contributed by atoms with Crippen molar-refractivity contribution in [1.29, 1.82) is 0 Å². The predicted octanol–water partition coefficient (Wildman–Crippen LogP) is 4.45. The Kier molecular flexibility index (Phi) is 2.22. The molecule has 0 radical (unpaired) electrons. The molecule has 22 heavy (non-hydrogen) atoms. The zero-order chi connectivity index (χ0) is 14.7. The normalized spacial score (nSPS) is 12.0. The Balaban J connectivity index is 2.10. The lowest BCUT2D eigenvalue weighted by Crippen LogP contribution is -1.87. The van der Waals surface area contributed by atoms with E-state index in [1.54, 1.807) is 0 Å². The fraction of sp³-hybridized carbons (Fsp3) is 0.0526. The highest BCUT2D eigenvalue weighted by atomic mass is 16.3. The number of aliphatic hydroxyl groups excluding tert-OH is 1. The molecule has 3 heteroatoms. The van der Waals surface area contributed by atoms with Gasteiger partial charge in [0.25, 0.3) is 0 Å². The van der Waals surface area contributed by atoms with Crippen molar-refractivity contribution in [3.63, 3.8) is 0 Å². The van der Waals surface area contributed by atoms with Crippen molar-refractivity contribution in [3.8, 4) is 0 Å². The molecule has 0 bridgehead atoms. The first-order valence-electron chi connectivity index (χ1n) is 7.40. The number of hydrogen-bond donors (Lipinski definition) is 3. The molecule has 2 aromatic heterocycles. The van der Waals surface area contributed by atoms with Crippen LogP contribution in [0.4, 0.5) is 0 Å². The maximum Gasteiger partial charge on any atom is 0.0709 e. The summed E-state index contributed by atoms with van der Waals surface area (Å²) in [4.78, 5) is 6.94. The van der Waals surface area contributed by atoms with Gasteiger partial charge in [-0.25, -0.2) is 0 Å². The van der Waals surface area contributed by atoms with E-state index in [9.17, 15) is 5.11 Å². The molecule has 0 aliphatic carbocycles. The molecule has 0 fully saturated rings. The maximum absolute atomic E-state index is 10.0. The molecular formula is C19H14N2O. The third kappa shape index (κ3) is 1.38. The Labute approximate surface area is 126 Å². The fourth-order valence-corrected chi connectivity index (χ4v) is 3.58. The van der Waals surface area contributed by atoms with E-state index in [4.69, 9.17) is 0 Å². The number of H-pyrrole nitrogens is 2. The lowest BCUT2D eigenvalue weighted by molar-refractivity contribution is 0.284. The smallest absolute Gasteiger partial charge is 0.0709 e. The second-order valence-corrected chi connectivity index (χ2v) is 5.70. The van der Waals surface area contributed by atoms with E-state index >= 15 is 0 Å². The number of hydrogen-bond acceptors (Lipinski definition) is 1. The average Bonchev–Trinajstić information content (AvgIpc) is 3.11. The summed E-state index contributed by atoms with van der Waals surface area (Å²) in [7, 11) is 0. The van der Waals surface area contributed by atoms with Crippen molar-refractivity contribution in [2.24, 2.45) is 0 Å². The van der Waals surface area contributed by atoms with Gasteiger partial charge < -0.3 is 15.1 Å². The standard InChI is InChI=1S/C19H14N2O/c22-10-14-18-12-6-2-4-8-16(12)20-17(18)9-13-11-5-1-3-7-15(11)21-19(13)14/h1-9,20-22H,10H2. The highest BCUT2D eigenvalue weighted by molar-refractivity contribution is 6.19. The minimum atomic E-state index is 0.0164. The quantitative estimate of drug-likeness (QED) is 0.419. The Morgan fingerprint density at radius 3 is 2.18 bits per heavy atom. The van der Waals surface area contributed by atoms with Gasteiger partial charge in [-0.05, 0) is 18.2 Å². The summed E-state index contributed by atoms with van der Waals surface area (Å²) in [6.07, 6.45) is 0. The summed E-state index contributed by atoms with van der Waals surface area (Å²) in [5.41, 5.74) is 5.26. The van der Waals surface area contributed by atoms with Gasteiger partial charge in [0, 0.05) is 43.7 Å². The summed E-state index contributed by atoms with van der Waals surface area (Å²) >= 11 is 0. The first kappa shape index (κ1) is 11.8. The Bertz CT molecular complexity index is 1160. The molecule has 106 valence electrons. The number of fused-ring (bicyclic) bond motifs is 6. The first-order valence-corrected chi connectivity index (χ1v) is 7.40. The van der Waals surface area contributed by atoms with Crippen LogP contribution < -0.4 is 0 Å². The van der Waals surface area contributed by atoms with E-state index in [1.807, 2.05) is 24.3 Å². The van der Waals surface area contributed by atoms with Crippen LogP contribution in [0.1, 0.15) is 5.56 Å². The summed E-state index contributed by atoms with van der Waals surface area (Å²) in [5.74, 6) is 0. The molecule has 0 atom stereocenters. The van der Waals surface area contributed by atoms with Crippen LogP contribution in [0.3, 0.4) is 0 Å². The van der Waals surface area contributed by atoms with Crippen LogP contribution in [-0.4, -0.2) is 15.1 Å². The molecule has 3 nitrogen and oxygen atoms in total. The maximum atomic E-state index is 10.0. The van der Waals surface area contributed by atoms with Crippen LogP contribution in [0, 0.1) is 0 Å². The van der Waals surface area contributed by atoms with Crippen molar-refractivity contribution in [2.75, 3.05) is 0 Å². The zero-order valence-corrected chi connectivity index (χ0v) is 11.9. The number of nitrogens with one attached hydrogen (secondary N) is 2. The van der Waals surface area contributed by atoms with Gasteiger partial charge in [0.15, 0.2) is 0 Å². The molecule has 0 spiro atoms. The first-order chi connectivity index (χ1) is 10.9. The highest BCUT2D eigenvalue weighted by Gasteiger charge is 2.15. The minimum absolute atomic E-state index is 0.0164. The number of rotatable bonds is 1. The Hall–Kier alpha value is -2.78. The molecule has 0 saturated carbocycles. The van der Waals surface area contributed by atoms with Crippen molar-refractivity contribution in [3.05, 3.63) is 60.2 Å². The summed E-state index contributed by atoms with van der Waals surface area (Å²) in [6, 6.07) is 18.7. The fourth-order valence-electron chi connectivity index (χ4n) is 3.58. The summed E-state index contributed by atoms with van der Waals surface area (Å²) in [6.45, 7) is 0.0164. The van der Waals surface area contributed by atoms with Gasteiger partial charge in [0.2, 0.25) is 0 Å². The van der Waals surface area contributed by atoms with Crippen molar-refractivity contribution >= 4 is 43.6 Å². The van der Waals surface area contributed by atoms with Crippen LogP contribution in [0.5, 0.6) is 0 Å². The van der Waals surface area contributed by atoms with Crippen molar-refractivity contribution in [2.45, 2.75) is 6.61 Å². The molecule has 3 N–H and O–H groups in total. The summed E-state index contributed by atoms with van der Waals surface area (Å²) in [5, 5.41) is 14.6. The number of aromatic nitrogens is 2. The number of benzene rings is 3. The monoisotopic (exact) mass is 286 g/mol. The lowest BCUT2D eigenvalue weighted by atomic mass is 10.0. The molecule has 5 aromatic rings. The predicted molar refractivity (Wildman–Crippen MR) is 91.1 cm³/mol. The SMILES string of the molecule is OCc1c2[nH]c3ccccc3c2cc2[nH]c3ccccc3c12. The van der Waals surface area contributed by atoms with Gasteiger partial charge in [0.05, 0.1) is 12.1 Å². The topological polar surface area (TPSA) is 51.8 Å². The molecule has 2 heterocycles. The molecule has 0 saturated heterocycles. The molecular weight excluding hydrogens is 272 g/mol. The number of para-hydroxylation sites is 2. The summed E-state index contributed by atoms with van der Waals surface area (Å²) < 4.78 is 0. The number of aromatic amines is 2. The molecule has 0 aliphatic heterocycles. The average molecular weight is 286 g/mol. The van der Waals surface area contributed by atoms with Gasteiger partial charge in [-0.15, -0.1) is 0 Å². The van der Waals surface area contributed by atoms with Crippen LogP contribution >= 0.6 is 0 Å². The van der Waals surface area contributed by atoms with Gasteiger partial charge >= 0.3 is 0 Å². The lowest BCUT2D eigenvalue weighted by Gasteiger charge is -2.03. The zero-order valence-electron chi connectivity index (χ0n) is 11.9. The second-order valence-electron chi connectivity index (χ2n) is 5.70. The highest BCUT2D eigenvalue weighted by Crippen LogP contribution is 2.36. The van der Waals surface area contributed by atoms with Crippen molar-refractivity contribution < 1.29 is 5.11 Å². The molecule has 0 unspecified atom stereocenters. The van der Waals surface area contributed by atoms with Crippen LogP contribution in [0.2, 0.25) is 0 Å². The Morgan fingerprint density at radius 1 is 0.727 bits per heavy atom. The molecule has 3 aromatic carbocycles. The van der Waals surface area contributed by atoms with E-state index in [1.165, 1.54) is 5.39 Å². The molecule has 0 amide bonds. The van der Waals surface area contributed by atoms with Gasteiger partial charge in [-0.2, -0.15) is 0 Å². The van der Waals surface area contributed by atoms with Crippen molar-refractivity contribution in [1.82, 2.24) is 9.97 Å². The van der Waals surface area contributed by atoms with Gasteiger partial charge in [-0.1, -0.05) is 36.4 Å². The van der Waals surface area contributed by atoms with Gasteiger partial charge in [-0.3, -0.25) is 0 Å². The van der Waals surface area contributed by atoms with Crippen LogP contribution in [0.15, 0.2) is 54.6 Å². The van der Waals surface area contributed by atoms with E-state index in [2.05, 4.69) is 40.3 Å². The largest absolute Gasteiger partial charge is 0.392 e. The molecule has 0 aliphatic rings. The van der Waals surface area contributed by atoms with E-state index in [0.717, 1.165) is 43.8 Å². The number of aliphatic hydroxyl groups is 1. The van der Waals surface area contributed by atoms with Crippen LogP contribution in [-0.2, 0) is 6.61 Å². The van der Waals surface area contributed by atoms with E-state index in [0.29, 0.717) is 0 Å². The Morgan fingerprint density at radius 2 is 1.41 bits per heavy atom. The molecule has 5 rings (SSSR count). The third-order valence-electron chi connectivity index (χ3n) is 4.53. The van der Waals surface area contributed by atoms with E-state index in [-0.39, 0.29) is 6.61 Å². The van der Waals surface area contributed by atoms with Gasteiger partial charge in [0.1, 0.15) is 0 Å². The third-order valence-corrected chi connectivity index (χ3v) is 4.53. The second kappa shape index (κ2) is 4.12.